The lowest BCUT2D eigenvalue weighted by atomic mass is 10.00. The van der Waals surface area contributed by atoms with Gasteiger partial charge in [0.1, 0.15) is 0 Å². The summed E-state index contributed by atoms with van der Waals surface area (Å²) in [6, 6.07) is 34.8. The van der Waals surface area contributed by atoms with Crippen LogP contribution in [-0.2, 0) is 0 Å². The maximum atomic E-state index is 2.32. The predicted molar refractivity (Wildman–Crippen MR) is 121 cm³/mol. The highest BCUT2D eigenvalue weighted by atomic mass is 15.1. The molecule has 0 amide bonds. The third-order valence-electron chi connectivity index (χ3n) is 5.14. The van der Waals surface area contributed by atoms with Crippen molar-refractivity contribution in [2.75, 3.05) is 4.90 Å². The van der Waals surface area contributed by atoms with Crippen LogP contribution in [-0.4, -0.2) is 0 Å². The lowest BCUT2D eigenvalue weighted by Crippen LogP contribution is -2.10. The second-order valence-electron chi connectivity index (χ2n) is 7.37. The molecular formula is C27H25N. The lowest BCUT2D eigenvalue weighted by molar-refractivity contribution is 1.27. The van der Waals surface area contributed by atoms with Crippen molar-refractivity contribution in [3.8, 4) is 11.1 Å². The van der Waals surface area contributed by atoms with Crippen LogP contribution in [0.5, 0.6) is 0 Å². The van der Waals surface area contributed by atoms with Gasteiger partial charge < -0.3 is 4.90 Å². The predicted octanol–water partition coefficient (Wildman–Crippen LogP) is 7.75. The molecule has 0 bridgehead atoms. The summed E-state index contributed by atoms with van der Waals surface area (Å²) in [4.78, 5) is 2.32. The molecule has 0 unspecified atom stereocenters. The van der Waals surface area contributed by atoms with Gasteiger partial charge in [0.25, 0.3) is 0 Å². The quantitative estimate of drug-likeness (QED) is 0.358. The fourth-order valence-electron chi connectivity index (χ4n) is 3.54. The Morgan fingerprint density at radius 2 is 1.07 bits per heavy atom. The van der Waals surface area contributed by atoms with E-state index >= 15 is 0 Å². The van der Waals surface area contributed by atoms with E-state index in [1.54, 1.807) is 0 Å². The molecule has 4 aromatic carbocycles. The molecule has 4 aromatic rings. The van der Waals surface area contributed by atoms with E-state index in [0.29, 0.717) is 0 Å². The zero-order valence-electron chi connectivity index (χ0n) is 16.7. The Morgan fingerprint density at radius 3 is 1.64 bits per heavy atom. The number of rotatable bonds is 4. The summed E-state index contributed by atoms with van der Waals surface area (Å²) in [5, 5.41) is 0. The van der Waals surface area contributed by atoms with Crippen LogP contribution in [0.15, 0.2) is 97.1 Å². The van der Waals surface area contributed by atoms with Gasteiger partial charge in [0.2, 0.25) is 0 Å². The molecule has 1 heteroatoms. The molecule has 0 heterocycles. The Bertz CT molecular complexity index is 1030. The smallest absolute Gasteiger partial charge is 0.0467 e. The van der Waals surface area contributed by atoms with Crippen LogP contribution in [0.2, 0.25) is 0 Å². The Kier molecular flexibility index (Phi) is 4.99. The van der Waals surface area contributed by atoms with Gasteiger partial charge >= 0.3 is 0 Å². The number of anilines is 3. The van der Waals surface area contributed by atoms with Crippen LogP contribution >= 0.6 is 0 Å². The van der Waals surface area contributed by atoms with Crippen LogP contribution in [0.3, 0.4) is 0 Å². The molecule has 0 atom stereocenters. The molecule has 0 spiro atoms. The van der Waals surface area contributed by atoms with E-state index in [0.717, 1.165) is 17.1 Å². The number of aryl methyl sites for hydroxylation is 3. The van der Waals surface area contributed by atoms with Gasteiger partial charge in [-0.3, -0.25) is 0 Å². The maximum absolute atomic E-state index is 2.32. The molecule has 28 heavy (non-hydrogen) atoms. The van der Waals surface area contributed by atoms with Crippen LogP contribution < -0.4 is 4.90 Å². The van der Waals surface area contributed by atoms with Crippen molar-refractivity contribution in [2.24, 2.45) is 0 Å². The molecule has 0 fully saturated rings. The molecule has 1 nitrogen and oxygen atoms in total. The van der Waals surface area contributed by atoms with Gasteiger partial charge in [0.05, 0.1) is 0 Å². The van der Waals surface area contributed by atoms with Gasteiger partial charge in [-0.25, -0.2) is 0 Å². The van der Waals surface area contributed by atoms with Gasteiger partial charge in [-0.2, -0.15) is 0 Å². The number of hydrogen-bond donors (Lipinski definition) is 0. The average Bonchev–Trinajstić information content (AvgIpc) is 2.72. The van der Waals surface area contributed by atoms with Gasteiger partial charge in [0, 0.05) is 17.1 Å². The standard InChI is InChI=1S/C27H25N/c1-20-11-15-24(16-12-20)28(25-17-13-21(2)14-18-25)26-9-6-8-23(19-26)27-10-5-4-7-22(27)3/h4-19H,1-3H3. The van der Waals surface area contributed by atoms with Crippen molar-refractivity contribution in [1.82, 2.24) is 0 Å². The monoisotopic (exact) mass is 363 g/mol. The molecule has 0 saturated carbocycles. The van der Waals surface area contributed by atoms with Crippen LogP contribution in [0.1, 0.15) is 16.7 Å². The Balaban J connectivity index is 1.85. The topological polar surface area (TPSA) is 3.24 Å². The first kappa shape index (κ1) is 18.1. The first-order valence-corrected chi connectivity index (χ1v) is 9.71. The van der Waals surface area contributed by atoms with Crippen molar-refractivity contribution in [3.63, 3.8) is 0 Å². The molecule has 0 N–H and O–H groups in total. The SMILES string of the molecule is Cc1ccc(N(c2ccc(C)cc2)c2cccc(-c3ccccc3C)c2)cc1. The third-order valence-corrected chi connectivity index (χ3v) is 5.14. The fraction of sp³-hybridized carbons (Fsp3) is 0.111. The second kappa shape index (κ2) is 7.74. The summed E-state index contributed by atoms with van der Waals surface area (Å²) in [6.45, 7) is 6.41. The summed E-state index contributed by atoms with van der Waals surface area (Å²) in [5.41, 5.74) is 9.82. The summed E-state index contributed by atoms with van der Waals surface area (Å²) < 4.78 is 0. The minimum absolute atomic E-state index is 1.16. The minimum atomic E-state index is 1.16. The molecule has 0 aliphatic carbocycles. The zero-order valence-corrected chi connectivity index (χ0v) is 16.7. The van der Waals surface area contributed by atoms with E-state index in [1.165, 1.54) is 27.8 Å². The van der Waals surface area contributed by atoms with E-state index < -0.39 is 0 Å². The first-order valence-electron chi connectivity index (χ1n) is 9.71. The minimum Gasteiger partial charge on any atom is -0.310 e. The lowest BCUT2D eigenvalue weighted by Gasteiger charge is -2.26. The van der Waals surface area contributed by atoms with Crippen molar-refractivity contribution >= 4 is 17.1 Å². The van der Waals surface area contributed by atoms with Gasteiger partial charge in [-0.15, -0.1) is 0 Å². The number of hydrogen-bond acceptors (Lipinski definition) is 1. The zero-order chi connectivity index (χ0) is 19.5. The molecule has 0 aliphatic rings. The van der Waals surface area contributed by atoms with Crippen molar-refractivity contribution in [2.45, 2.75) is 20.8 Å². The van der Waals surface area contributed by atoms with E-state index in [-0.39, 0.29) is 0 Å². The molecule has 0 saturated heterocycles. The summed E-state index contributed by atoms with van der Waals surface area (Å²) in [7, 11) is 0. The molecule has 4 rings (SSSR count). The normalized spacial score (nSPS) is 10.7. The molecule has 0 radical (unpaired) electrons. The first-order chi connectivity index (χ1) is 13.6. The van der Waals surface area contributed by atoms with Crippen LogP contribution in [0, 0.1) is 20.8 Å². The highest BCUT2D eigenvalue weighted by Gasteiger charge is 2.13. The summed E-state index contributed by atoms with van der Waals surface area (Å²) >= 11 is 0. The average molecular weight is 364 g/mol. The van der Waals surface area contributed by atoms with E-state index in [9.17, 15) is 0 Å². The largest absolute Gasteiger partial charge is 0.310 e. The molecule has 138 valence electrons. The third kappa shape index (κ3) is 3.70. The number of nitrogens with zero attached hydrogens (tertiary/aromatic N) is 1. The second-order valence-corrected chi connectivity index (χ2v) is 7.37. The Labute approximate surface area is 167 Å². The highest BCUT2D eigenvalue weighted by molar-refractivity contribution is 5.80. The van der Waals surface area contributed by atoms with Gasteiger partial charge in [0.15, 0.2) is 0 Å². The maximum Gasteiger partial charge on any atom is 0.0467 e. The van der Waals surface area contributed by atoms with E-state index in [2.05, 4.69) is 123 Å². The van der Waals surface area contributed by atoms with Crippen molar-refractivity contribution in [3.05, 3.63) is 114 Å². The highest BCUT2D eigenvalue weighted by Crippen LogP contribution is 2.37. The van der Waals surface area contributed by atoms with Crippen molar-refractivity contribution in [1.29, 1.82) is 0 Å². The van der Waals surface area contributed by atoms with Gasteiger partial charge in [-0.1, -0.05) is 71.8 Å². The van der Waals surface area contributed by atoms with Crippen LogP contribution in [0.25, 0.3) is 11.1 Å². The van der Waals surface area contributed by atoms with Crippen molar-refractivity contribution < 1.29 is 0 Å². The molecule has 0 aliphatic heterocycles. The fourth-order valence-corrected chi connectivity index (χ4v) is 3.54. The Morgan fingerprint density at radius 1 is 0.500 bits per heavy atom. The van der Waals surface area contributed by atoms with E-state index in [4.69, 9.17) is 0 Å². The number of benzene rings is 4. The molecule has 0 aromatic heterocycles. The van der Waals surface area contributed by atoms with Crippen LogP contribution in [0.4, 0.5) is 17.1 Å². The van der Waals surface area contributed by atoms with E-state index in [1.807, 2.05) is 0 Å². The Hall–Kier alpha value is -3.32. The summed E-state index contributed by atoms with van der Waals surface area (Å²) in [5.74, 6) is 0. The summed E-state index contributed by atoms with van der Waals surface area (Å²) in [6.07, 6.45) is 0. The molecular weight excluding hydrogens is 338 g/mol. The van der Waals surface area contributed by atoms with Gasteiger partial charge in [-0.05, 0) is 73.9 Å².